The van der Waals surface area contributed by atoms with Crippen molar-refractivity contribution in [1.29, 1.82) is 0 Å². The molecule has 0 spiro atoms. The fourth-order valence-electron chi connectivity index (χ4n) is 1.92. The molecule has 1 unspecified atom stereocenters. The smallest absolute Gasteiger partial charge is 0.0965 e. The van der Waals surface area contributed by atoms with Crippen LogP contribution in [0.15, 0.2) is 0 Å². The molecule has 0 aliphatic heterocycles. The van der Waals surface area contributed by atoms with Crippen molar-refractivity contribution in [2.45, 2.75) is 77.4 Å². The lowest BCUT2D eigenvalue weighted by molar-refractivity contribution is 0.478. The van der Waals surface area contributed by atoms with Gasteiger partial charge in [0.1, 0.15) is 0 Å². The summed E-state index contributed by atoms with van der Waals surface area (Å²) >= 11 is 0. The molecule has 0 aliphatic carbocycles. The molecule has 0 fully saturated rings. The lowest BCUT2D eigenvalue weighted by Gasteiger charge is -2.17. The molecular formula is C14H31NOS. The van der Waals surface area contributed by atoms with Crippen LogP contribution in [0.3, 0.4) is 0 Å². The second kappa shape index (κ2) is 11.2. The summed E-state index contributed by atoms with van der Waals surface area (Å²) in [6.07, 6.45) is 10.7. The minimum absolute atomic E-state index is 0.244. The van der Waals surface area contributed by atoms with Gasteiger partial charge in [-0.2, -0.15) is 0 Å². The van der Waals surface area contributed by atoms with Crippen LogP contribution in [0.4, 0.5) is 0 Å². The van der Waals surface area contributed by atoms with Crippen LogP contribution in [0.25, 0.3) is 0 Å². The van der Waals surface area contributed by atoms with Crippen molar-refractivity contribution in [2.75, 3.05) is 13.6 Å². The van der Waals surface area contributed by atoms with Crippen LogP contribution < -0.4 is 0 Å². The van der Waals surface area contributed by atoms with Gasteiger partial charge in [-0.15, -0.1) is 0 Å². The Hall–Kier alpha value is 0.110. The van der Waals surface area contributed by atoms with Gasteiger partial charge in [0.05, 0.1) is 11.0 Å². The van der Waals surface area contributed by atoms with E-state index in [9.17, 15) is 4.21 Å². The zero-order chi connectivity index (χ0) is 13.1. The summed E-state index contributed by atoms with van der Waals surface area (Å²) in [5, 5.41) is 0.244. The third-order valence-electron chi connectivity index (χ3n) is 3.04. The van der Waals surface area contributed by atoms with E-state index >= 15 is 0 Å². The minimum Gasteiger partial charge on any atom is -0.242 e. The number of rotatable bonds is 11. The summed E-state index contributed by atoms with van der Waals surface area (Å²) < 4.78 is 13.7. The molecule has 0 aromatic carbocycles. The van der Waals surface area contributed by atoms with Gasteiger partial charge in [-0.3, -0.25) is 0 Å². The third kappa shape index (κ3) is 9.78. The van der Waals surface area contributed by atoms with Crippen LogP contribution in [0.2, 0.25) is 0 Å². The SMILES string of the molecule is CCCCCCCCCCN(C)S(=O)C(C)C. The number of hydrogen-bond donors (Lipinski definition) is 0. The van der Waals surface area contributed by atoms with E-state index in [1.807, 2.05) is 25.2 Å². The van der Waals surface area contributed by atoms with Crippen LogP contribution >= 0.6 is 0 Å². The molecule has 0 bridgehead atoms. The molecular weight excluding hydrogens is 230 g/mol. The van der Waals surface area contributed by atoms with Gasteiger partial charge in [-0.25, -0.2) is 8.51 Å². The molecule has 104 valence electrons. The lowest BCUT2D eigenvalue weighted by atomic mass is 10.1. The Balaban J connectivity index is 3.30. The first-order chi connectivity index (χ1) is 8.09. The molecule has 0 rings (SSSR count). The Morgan fingerprint density at radius 2 is 1.41 bits per heavy atom. The maximum Gasteiger partial charge on any atom is 0.0965 e. The predicted molar refractivity (Wildman–Crippen MR) is 78.5 cm³/mol. The quantitative estimate of drug-likeness (QED) is 0.512. The highest BCUT2D eigenvalue weighted by Crippen LogP contribution is 2.09. The van der Waals surface area contributed by atoms with Gasteiger partial charge in [-0.05, 0) is 27.3 Å². The second-order valence-electron chi connectivity index (χ2n) is 5.15. The monoisotopic (exact) mass is 261 g/mol. The fourth-order valence-corrected chi connectivity index (χ4v) is 2.95. The average Bonchev–Trinajstić information content (AvgIpc) is 2.31. The summed E-state index contributed by atoms with van der Waals surface area (Å²) in [5.41, 5.74) is 0. The predicted octanol–water partition coefficient (Wildman–Crippen LogP) is 4.13. The van der Waals surface area contributed by atoms with Gasteiger partial charge in [0.15, 0.2) is 0 Å². The molecule has 0 saturated carbocycles. The highest BCUT2D eigenvalue weighted by Gasteiger charge is 2.10. The first kappa shape index (κ1) is 17.1. The Labute approximate surface area is 111 Å². The van der Waals surface area contributed by atoms with E-state index < -0.39 is 11.0 Å². The summed E-state index contributed by atoms with van der Waals surface area (Å²) in [5.74, 6) is 0. The van der Waals surface area contributed by atoms with Gasteiger partial charge >= 0.3 is 0 Å². The molecule has 3 heteroatoms. The fraction of sp³-hybridized carbons (Fsp3) is 1.00. The maximum atomic E-state index is 11.7. The van der Waals surface area contributed by atoms with Crippen molar-refractivity contribution in [3.05, 3.63) is 0 Å². The van der Waals surface area contributed by atoms with Crippen LogP contribution in [0.5, 0.6) is 0 Å². The lowest BCUT2D eigenvalue weighted by Crippen LogP contribution is -2.27. The highest BCUT2D eigenvalue weighted by atomic mass is 32.2. The van der Waals surface area contributed by atoms with Crippen LogP contribution in [-0.4, -0.2) is 27.4 Å². The number of nitrogens with zero attached hydrogens (tertiary/aromatic N) is 1. The van der Waals surface area contributed by atoms with Gasteiger partial charge in [0, 0.05) is 11.8 Å². The minimum atomic E-state index is -0.795. The molecule has 0 amide bonds. The summed E-state index contributed by atoms with van der Waals surface area (Å²) in [4.78, 5) is 0. The van der Waals surface area contributed by atoms with E-state index in [2.05, 4.69) is 6.92 Å². The van der Waals surface area contributed by atoms with Crippen molar-refractivity contribution >= 4 is 11.0 Å². The van der Waals surface area contributed by atoms with Gasteiger partial charge < -0.3 is 0 Å². The standard InChI is InChI=1S/C14H31NOS/c1-5-6-7-8-9-10-11-12-13-15(4)17(16)14(2)3/h14H,5-13H2,1-4H3. The summed E-state index contributed by atoms with van der Waals surface area (Å²) in [6, 6.07) is 0. The van der Waals surface area contributed by atoms with Gasteiger partial charge in [0.25, 0.3) is 0 Å². The second-order valence-corrected chi connectivity index (χ2v) is 7.27. The Morgan fingerprint density at radius 1 is 0.941 bits per heavy atom. The van der Waals surface area contributed by atoms with Crippen LogP contribution in [-0.2, 0) is 11.0 Å². The molecule has 0 aliphatic rings. The van der Waals surface area contributed by atoms with Gasteiger partial charge in [-0.1, -0.05) is 51.9 Å². The first-order valence-corrected chi connectivity index (χ1v) is 8.38. The van der Waals surface area contributed by atoms with Crippen LogP contribution in [0.1, 0.15) is 72.1 Å². The molecule has 0 saturated heterocycles. The van der Waals surface area contributed by atoms with E-state index in [1.54, 1.807) is 0 Å². The van der Waals surface area contributed by atoms with E-state index in [0.717, 1.165) is 6.54 Å². The van der Waals surface area contributed by atoms with E-state index in [1.165, 1.54) is 51.4 Å². The molecule has 0 aromatic heterocycles. The highest BCUT2D eigenvalue weighted by molar-refractivity contribution is 7.83. The Kier molecular flexibility index (Phi) is 11.3. The largest absolute Gasteiger partial charge is 0.242 e. The topological polar surface area (TPSA) is 20.3 Å². The van der Waals surface area contributed by atoms with Crippen molar-refractivity contribution in [3.8, 4) is 0 Å². The zero-order valence-electron chi connectivity index (χ0n) is 12.2. The summed E-state index contributed by atoms with van der Waals surface area (Å²) in [7, 11) is 1.17. The molecule has 0 heterocycles. The maximum absolute atomic E-state index is 11.7. The van der Waals surface area contributed by atoms with Crippen molar-refractivity contribution in [1.82, 2.24) is 4.31 Å². The molecule has 17 heavy (non-hydrogen) atoms. The van der Waals surface area contributed by atoms with E-state index in [4.69, 9.17) is 0 Å². The third-order valence-corrected chi connectivity index (χ3v) is 4.64. The van der Waals surface area contributed by atoms with E-state index in [-0.39, 0.29) is 5.25 Å². The zero-order valence-corrected chi connectivity index (χ0v) is 13.0. The van der Waals surface area contributed by atoms with Crippen molar-refractivity contribution in [2.24, 2.45) is 0 Å². The summed E-state index contributed by atoms with van der Waals surface area (Å²) in [6.45, 7) is 7.26. The average molecular weight is 261 g/mol. The molecule has 2 nitrogen and oxygen atoms in total. The van der Waals surface area contributed by atoms with Crippen molar-refractivity contribution < 1.29 is 4.21 Å². The molecule has 0 aromatic rings. The Morgan fingerprint density at radius 3 is 1.88 bits per heavy atom. The van der Waals surface area contributed by atoms with Crippen molar-refractivity contribution in [3.63, 3.8) is 0 Å². The normalized spacial score (nSPS) is 13.5. The number of unbranched alkanes of at least 4 members (excludes halogenated alkanes) is 7. The number of hydrogen-bond acceptors (Lipinski definition) is 1. The van der Waals surface area contributed by atoms with E-state index in [0.29, 0.717) is 0 Å². The molecule has 1 atom stereocenters. The molecule has 0 radical (unpaired) electrons. The Bertz CT molecular complexity index is 195. The van der Waals surface area contributed by atoms with Crippen LogP contribution in [0, 0.1) is 0 Å². The first-order valence-electron chi connectivity index (χ1n) is 7.21. The van der Waals surface area contributed by atoms with Gasteiger partial charge in [0.2, 0.25) is 0 Å². The molecule has 0 N–H and O–H groups in total.